The SMILES string of the molecule is C=CCOc1ccc(CCc2ccc3c(F)c(CCc4cc(F)c(C#N)c(F)c4)ccc3c2)cc1. The van der Waals surface area contributed by atoms with Crippen LogP contribution in [0.25, 0.3) is 10.8 Å². The van der Waals surface area contributed by atoms with E-state index in [1.807, 2.05) is 42.5 Å². The molecule has 0 aromatic heterocycles. The summed E-state index contributed by atoms with van der Waals surface area (Å²) >= 11 is 0. The van der Waals surface area contributed by atoms with Crippen molar-refractivity contribution in [2.75, 3.05) is 6.61 Å². The molecule has 0 aliphatic heterocycles. The van der Waals surface area contributed by atoms with Crippen LogP contribution in [-0.2, 0) is 25.7 Å². The Labute approximate surface area is 202 Å². The van der Waals surface area contributed by atoms with Gasteiger partial charge in [-0.05, 0) is 77.6 Å². The Balaban J connectivity index is 1.43. The lowest BCUT2D eigenvalue weighted by Crippen LogP contribution is -1.99. The van der Waals surface area contributed by atoms with Crippen molar-refractivity contribution >= 4 is 10.8 Å². The van der Waals surface area contributed by atoms with E-state index in [0.717, 1.165) is 41.7 Å². The minimum atomic E-state index is -0.897. The van der Waals surface area contributed by atoms with E-state index in [-0.39, 0.29) is 12.2 Å². The molecular weight excluding hydrogens is 447 g/mol. The van der Waals surface area contributed by atoms with Crippen LogP contribution in [0.15, 0.2) is 79.4 Å². The van der Waals surface area contributed by atoms with Gasteiger partial charge in [-0.3, -0.25) is 0 Å². The van der Waals surface area contributed by atoms with E-state index in [1.165, 1.54) is 11.6 Å². The van der Waals surface area contributed by atoms with Gasteiger partial charge in [0.05, 0.1) is 0 Å². The average molecular weight is 472 g/mol. The number of halogens is 3. The zero-order valence-electron chi connectivity index (χ0n) is 19.2. The van der Waals surface area contributed by atoms with Crippen LogP contribution in [-0.4, -0.2) is 6.61 Å². The molecule has 4 rings (SSSR count). The molecule has 0 unspecified atom stereocenters. The first kappa shape index (κ1) is 24.1. The van der Waals surface area contributed by atoms with Gasteiger partial charge in [0.2, 0.25) is 0 Å². The summed E-state index contributed by atoms with van der Waals surface area (Å²) in [4.78, 5) is 0. The van der Waals surface area contributed by atoms with E-state index >= 15 is 4.39 Å². The fourth-order valence-electron chi connectivity index (χ4n) is 4.09. The lowest BCUT2D eigenvalue weighted by atomic mass is 9.97. The minimum Gasteiger partial charge on any atom is -0.490 e. The fourth-order valence-corrected chi connectivity index (χ4v) is 4.09. The van der Waals surface area contributed by atoms with Crippen molar-refractivity contribution in [1.82, 2.24) is 0 Å². The smallest absolute Gasteiger partial charge is 0.144 e. The Morgan fingerprint density at radius 2 is 1.43 bits per heavy atom. The second-order valence-electron chi connectivity index (χ2n) is 8.38. The van der Waals surface area contributed by atoms with Crippen LogP contribution in [0.1, 0.15) is 27.8 Å². The quantitative estimate of drug-likeness (QED) is 0.241. The molecule has 4 aromatic carbocycles. The van der Waals surface area contributed by atoms with Crippen LogP contribution in [0.4, 0.5) is 13.2 Å². The zero-order valence-corrected chi connectivity index (χ0v) is 19.2. The number of hydrogen-bond donors (Lipinski definition) is 0. The molecule has 0 bridgehead atoms. The first-order chi connectivity index (χ1) is 17.0. The number of nitrogens with zero attached hydrogens (tertiary/aromatic N) is 1. The summed E-state index contributed by atoms with van der Waals surface area (Å²) in [6.07, 6.45) is 3.93. The van der Waals surface area contributed by atoms with Crippen molar-refractivity contribution in [3.05, 3.63) is 125 Å². The van der Waals surface area contributed by atoms with E-state index in [9.17, 15) is 8.78 Å². The van der Waals surface area contributed by atoms with E-state index in [0.29, 0.717) is 29.5 Å². The third-order valence-electron chi connectivity index (χ3n) is 5.99. The van der Waals surface area contributed by atoms with Crippen molar-refractivity contribution in [3.8, 4) is 11.8 Å². The Hall–Kier alpha value is -4.04. The van der Waals surface area contributed by atoms with Gasteiger partial charge in [0.1, 0.15) is 41.4 Å². The maximum Gasteiger partial charge on any atom is 0.144 e. The van der Waals surface area contributed by atoms with Gasteiger partial charge >= 0.3 is 0 Å². The zero-order chi connectivity index (χ0) is 24.8. The van der Waals surface area contributed by atoms with Crippen LogP contribution >= 0.6 is 0 Å². The van der Waals surface area contributed by atoms with Crippen molar-refractivity contribution in [1.29, 1.82) is 5.26 Å². The summed E-state index contributed by atoms with van der Waals surface area (Å²) in [5, 5.41) is 10.1. The summed E-state index contributed by atoms with van der Waals surface area (Å²) in [6.45, 7) is 4.11. The van der Waals surface area contributed by atoms with Crippen LogP contribution in [0.2, 0.25) is 0 Å². The summed E-state index contributed by atoms with van der Waals surface area (Å²) in [5.41, 5.74) is 2.56. The highest BCUT2D eigenvalue weighted by atomic mass is 19.1. The molecule has 0 saturated carbocycles. The molecule has 2 nitrogen and oxygen atoms in total. The number of benzene rings is 4. The monoisotopic (exact) mass is 471 g/mol. The first-order valence-electron chi connectivity index (χ1n) is 11.4. The van der Waals surface area contributed by atoms with Crippen LogP contribution < -0.4 is 4.74 Å². The highest BCUT2D eigenvalue weighted by Gasteiger charge is 2.13. The Kier molecular flexibility index (Phi) is 7.52. The predicted octanol–water partition coefficient (Wildman–Crippen LogP) is 7.26. The van der Waals surface area contributed by atoms with Gasteiger partial charge in [0.25, 0.3) is 0 Å². The molecule has 0 saturated heterocycles. The van der Waals surface area contributed by atoms with Crippen molar-refractivity contribution in [2.45, 2.75) is 25.7 Å². The Bertz CT molecular complexity index is 1380. The molecule has 0 atom stereocenters. The number of nitriles is 1. The van der Waals surface area contributed by atoms with Crippen molar-refractivity contribution in [2.24, 2.45) is 0 Å². The van der Waals surface area contributed by atoms with Gasteiger partial charge in [-0.1, -0.05) is 55.1 Å². The van der Waals surface area contributed by atoms with Gasteiger partial charge < -0.3 is 4.74 Å². The third kappa shape index (κ3) is 5.73. The molecule has 0 fully saturated rings. The lowest BCUT2D eigenvalue weighted by Gasteiger charge is -2.10. The molecule has 0 N–H and O–H groups in total. The minimum absolute atomic E-state index is 0.261. The van der Waals surface area contributed by atoms with Crippen LogP contribution in [0, 0.1) is 28.8 Å². The molecule has 35 heavy (non-hydrogen) atoms. The van der Waals surface area contributed by atoms with Crippen LogP contribution in [0.3, 0.4) is 0 Å². The highest BCUT2D eigenvalue weighted by molar-refractivity contribution is 5.84. The highest BCUT2D eigenvalue weighted by Crippen LogP contribution is 2.25. The van der Waals surface area contributed by atoms with Crippen molar-refractivity contribution < 1.29 is 17.9 Å². The summed E-state index contributed by atoms with van der Waals surface area (Å²) < 4.78 is 48.4. The average Bonchev–Trinajstić information content (AvgIpc) is 2.86. The molecule has 0 aliphatic carbocycles. The largest absolute Gasteiger partial charge is 0.490 e. The number of ether oxygens (including phenoxy) is 1. The van der Waals surface area contributed by atoms with E-state index in [1.54, 1.807) is 18.2 Å². The maximum atomic E-state index is 15.1. The van der Waals surface area contributed by atoms with Crippen LogP contribution in [0.5, 0.6) is 5.75 Å². The molecular formula is C30H24F3NO. The van der Waals surface area contributed by atoms with Gasteiger partial charge in [-0.25, -0.2) is 13.2 Å². The lowest BCUT2D eigenvalue weighted by molar-refractivity contribution is 0.363. The maximum absolute atomic E-state index is 15.1. The van der Waals surface area contributed by atoms with Gasteiger partial charge in [0, 0.05) is 5.39 Å². The molecule has 0 amide bonds. The van der Waals surface area contributed by atoms with Gasteiger partial charge in [-0.2, -0.15) is 5.26 Å². The molecule has 0 heterocycles. The predicted molar refractivity (Wildman–Crippen MR) is 132 cm³/mol. The molecule has 0 radical (unpaired) electrons. The van der Waals surface area contributed by atoms with E-state index in [4.69, 9.17) is 10.00 Å². The second kappa shape index (κ2) is 10.9. The molecule has 176 valence electrons. The number of hydrogen-bond acceptors (Lipinski definition) is 2. The Morgan fingerprint density at radius 1 is 0.771 bits per heavy atom. The topological polar surface area (TPSA) is 33.0 Å². The number of rotatable bonds is 9. The molecule has 0 spiro atoms. The summed E-state index contributed by atoms with van der Waals surface area (Å²) in [7, 11) is 0. The van der Waals surface area contributed by atoms with E-state index < -0.39 is 17.2 Å². The molecule has 0 aliphatic rings. The van der Waals surface area contributed by atoms with Crippen molar-refractivity contribution in [3.63, 3.8) is 0 Å². The summed E-state index contributed by atoms with van der Waals surface area (Å²) in [6, 6.07) is 21.1. The molecule has 5 heteroatoms. The van der Waals surface area contributed by atoms with E-state index in [2.05, 4.69) is 6.58 Å². The standard InChI is InChI=1S/C30H24F3NO/c1-2-15-35-25-12-6-20(7-13-25)3-4-21-8-14-26-24(16-21)11-10-23(30(26)33)9-5-22-17-28(31)27(19-34)29(32)18-22/h2,6-8,10-14,16-18H,1,3-5,9,15H2. The van der Waals surface area contributed by atoms with Gasteiger partial charge in [-0.15, -0.1) is 0 Å². The number of aryl methyl sites for hydroxylation is 4. The summed E-state index contributed by atoms with van der Waals surface area (Å²) in [5.74, 6) is -1.31. The number of fused-ring (bicyclic) bond motifs is 1. The third-order valence-corrected chi connectivity index (χ3v) is 5.99. The first-order valence-corrected chi connectivity index (χ1v) is 11.4. The fraction of sp³-hybridized carbons (Fsp3) is 0.167. The molecule has 4 aromatic rings. The Morgan fingerprint density at radius 3 is 2.11 bits per heavy atom. The normalized spacial score (nSPS) is 10.8. The second-order valence-corrected chi connectivity index (χ2v) is 8.38. The van der Waals surface area contributed by atoms with Gasteiger partial charge in [0.15, 0.2) is 0 Å².